The van der Waals surface area contributed by atoms with E-state index in [1.807, 2.05) is 0 Å². The van der Waals surface area contributed by atoms with Gasteiger partial charge in [-0.2, -0.15) is 0 Å². The number of ether oxygens (including phenoxy) is 1. The first-order valence-electron chi connectivity index (χ1n) is 7.34. The fourth-order valence-corrected chi connectivity index (χ4v) is 3.59. The van der Waals surface area contributed by atoms with Crippen LogP contribution in [-0.4, -0.2) is 13.7 Å². The molecule has 1 aromatic heterocycles. The van der Waals surface area contributed by atoms with E-state index < -0.39 is 0 Å². The number of hydrogen-bond donors (Lipinski definition) is 1. The summed E-state index contributed by atoms with van der Waals surface area (Å²) in [5.41, 5.74) is 6.42. The highest BCUT2D eigenvalue weighted by molar-refractivity contribution is 7.13. The Morgan fingerprint density at radius 1 is 1.14 bits per heavy atom. The molecule has 0 atom stereocenters. The predicted molar refractivity (Wildman–Crippen MR) is 89.7 cm³/mol. The molecule has 0 amide bonds. The molecule has 0 fully saturated rings. The molecule has 1 heterocycles. The topological polar surface area (TPSA) is 25.1 Å². The molecule has 4 heteroatoms. The Balaban J connectivity index is 2.24. The second-order valence-corrected chi connectivity index (χ2v) is 6.44. The van der Waals surface area contributed by atoms with Crippen LogP contribution < -0.4 is 9.88 Å². The third-order valence-corrected chi connectivity index (χ3v) is 4.66. The minimum atomic E-state index is 0.796. The van der Waals surface area contributed by atoms with Crippen molar-refractivity contribution < 1.29 is 9.30 Å². The van der Waals surface area contributed by atoms with Crippen LogP contribution in [0, 0.1) is 27.7 Å². The highest BCUT2D eigenvalue weighted by Crippen LogP contribution is 2.27. The fraction of sp³-hybridized carbons (Fsp3) is 0.471. The van der Waals surface area contributed by atoms with E-state index in [0.29, 0.717) is 0 Å². The lowest BCUT2D eigenvalue weighted by atomic mass is 10.1. The van der Waals surface area contributed by atoms with Crippen molar-refractivity contribution in [2.24, 2.45) is 0 Å². The van der Waals surface area contributed by atoms with Crippen LogP contribution in [0.3, 0.4) is 0 Å². The molecule has 1 aromatic carbocycles. The molecular formula is C17H25N2OS+. The van der Waals surface area contributed by atoms with Crippen molar-refractivity contribution in [3.05, 3.63) is 39.9 Å². The number of rotatable bonds is 6. The second kappa shape index (κ2) is 7.05. The Hall–Kier alpha value is -1.39. The molecule has 0 spiro atoms. The van der Waals surface area contributed by atoms with Gasteiger partial charge >= 0.3 is 5.13 Å². The SMILES string of the molecule is COCCC[n+]1c(C)csc1Nc1c(C)cc(C)cc1C. The van der Waals surface area contributed by atoms with Gasteiger partial charge in [-0.15, -0.1) is 0 Å². The zero-order chi connectivity index (χ0) is 15.4. The maximum absolute atomic E-state index is 5.16. The smallest absolute Gasteiger partial charge is 0.339 e. The number of nitrogens with one attached hydrogen (secondary N) is 1. The molecule has 2 rings (SSSR count). The van der Waals surface area contributed by atoms with Crippen molar-refractivity contribution in [2.75, 3.05) is 19.0 Å². The van der Waals surface area contributed by atoms with Crippen LogP contribution in [0.4, 0.5) is 10.8 Å². The van der Waals surface area contributed by atoms with Gasteiger partial charge in [0.05, 0.1) is 6.54 Å². The third kappa shape index (κ3) is 3.83. The van der Waals surface area contributed by atoms with E-state index in [1.165, 1.54) is 33.2 Å². The van der Waals surface area contributed by atoms with Gasteiger partial charge in [0.2, 0.25) is 0 Å². The molecule has 2 aromatic rings. The van der Waals surface area contributed by atoms with Crippen LogP contribution in [0.2, 0.25) is 0 Å². The summed E-state index contributed by atoms with van der Waals surface area (Å²) >= 11 is 1.76. The lowest BCUT2D eigenvalue weighted by Gasteiger charge is -2.09. The van der Waals surface area contributed by atoms with Gasteiger partial charge in [-0.05, 0) is 38.8 Å². The van der Waals surface area contributed by atoms with E-state index in [-0.39, 0.29) is 0 Å². The molecule has 0 bridgehead atoms. The first kappa shape index (κ1) is 16.0. The number of methoxy groups -OCH3 is 1. The number of hydrogen-bond acceptors (Lipinski definition) is 3. The Morgan fingerprint density at radius 2 is 1.81 bits per heavy atom. The van der Waals surface area contributed by atoms with E-state index >= 15 is 0 Å². The van der Waals surface area contributed by atoms with Gasteiger partial charge in [0.15, 0.2) is 0 Å². The molecule has 0 unspecified atom stereocenters. The van der Waals surface area contributed by atoms with Crippen LogP contribution >= 0.6 is 11.3 Å². The van der Waals surface area contributed by atoms with Crippen LogP contribution in [0.25, 0.3) is 0 Å². The molecular weight excluding hydrogens is 280 g/mol. The highest BCUT2D eigenvalue weighted by atomic mass is 32.1. The standard InChI is InChI=1S/C17H24N2OS/c1-12-9-13(2)16(14(3)10-12)18-17-19(7-6-8-20-5)15(4)11-21-17/h9-11H,6-8H2,1-5H3/p+1. The molecule has 0 aliphatic rings. The van der Waals surface area contributed by atoms with E-state index in [2.05, 4.69) is 55.1 Å². The highest BCUT2D eigenvalue weighted by Gasteiger charge is 2.18. The van der Waals surface area contributed by atoms with Gasteiger partial charge in [-0.25, -0.2) is 9.88 Å². The van der Waals surface area contributed by atoms with E-state index in [9.17, 15) is 0 Å². The number of nitrogens with zero attached hydrogens (tertiary/aromatic N) is 1. The summed E-state index contributed by atoms with van der Waals surface area (Å²) < 4.78 is 7.49. The molecule has 21 heavy (non-hydrogen) atoms. The average Bonchev–Trinajstić information content (AvgIpc) is 2.75. The molecule has 114 valence electrons. The Labute approximate surface area is 131 Å². The van der Waals surface area contributed by atoms with Crippen molar-refractivity contribution in [1.29, 1.82) is 0 Å². The van der Waals surface area contributed by atoms with Crippen LogP contribution in [0.1, 0.15) is 28.8 Å². The Bertz CT molecular complexity index is 596. The van der Waals surface area contributed by atoms with Gasteiger partial charge < -0.3 is 4.74 Å². The average molecular weight is 305 g/mol. The summed E-state index contributed by atoms with van der Waals surface area (Å²) in [6, 6.07) is 4.45. The van der Waals surface area contributed by atoms with Crippen LogP contribution in [0.5, 0.6) is 0 Å². The zero-order valence-corrected chi connectivity index (χ0v) is 14.4. The minimum Gasteiger partial charge on any atom is -0.385 e. The number of thiazole rings is 1. The number of anilines is 2. The summed E-state index contributed by atoms with van der Waals surface area (Å²) in [5, 5.41) is 7.02. The van der Waals surface area contributed by atoms with Crippen molar-refractivity contribution in [2.45, 2.75) is 40.7 Å². The summed E-state index contributed by atoms with van der Waals surface area (Å²) in [6.45, 7) is 10.4. The van der Waals surface area contributed by atoms with Gasteiger partial charge in [0.1, 0.15) is 11.4 Å². The monoisotopic (exact) mass is 305 g/mol. The summed E-state index contributed by atoms with van der Waals surface area (Å²) in [4.78, 5) is 0. The maximum Gasteiger partial charge on any atom is 0.339 e. The van der Waals surface area contributed by atoms with Gasteiger partial charge in [0.25, 0.3) is 0 Å². The van der Waals surface area contributed by atoms with E-state index in [0.717, 1.165) is 19.6 Å². The van der Waals surface area contributed by atoms with Crippen molar-refractivity contribution in [3.8, 4) is 0 Å². The summed E-state index contributed by atoms with van der Waals surface area (Å²) in [7, 11) is 1.75. The Kier molecular flexibility index (Phi) is 5.37. The molecule has 0 aliphatic carbocycles. The first-order chi connectivity index (χ1) is 10.0. The second-order valence-electron chi connectivity index (χ2n) is 5.58. The van der Waals surface area contributed by atoms with E-state index in [4.69, 9.17) is 4.74 Å². The van der Waals surface area contributed by atoms with Crippen molar-refractivity contribution in [1.82, 2.24) is 0 Å². The lowest BCUT2D eigenvalue weighted by Crippen LogP contribution is -2.37. The Morgan fingerprint density at radius 3 is 2.43 bits per heavy atom. The predicted octanol–water partition coefficient (Wildman–Crippen LogP) is 4.05. The van der Waals surface area contributed by atoms with Crippen LogP contribution in [0.15, 0.2) is 17.5 Å². The minimum absolute atomic E-state index is 0.796. The quantitative estimate of drug-likeness (QED) is 0.643. The maximum atomic E-state index is 5.16. The number of benzene rings is 1. The normalized spacial score (nSPS) is 10.9. The first-order valence-corrected chi connectivity index (χ1v) is 8.22. The lowest BCUT2D eigenvalue weighted by molar-refractivity contribution is -0.685. The van der Waals surface area contributed by atoms with Gasteiger partial charge in [-0.1, -0.05) is 29.0 Å². The van der Waals surface area contributed by atoms with Crippen LogP contribution in [-0.2, 0) is 11.3 Å². The molecule has 0 aliphatic heterocycles. The number of aromatic nitrogens is 1. The molecule has 0 saturated heterocycles. The largest absolute Gasteiger partial charge is 0.385 e. The van der Waals surface area contributed by atoms with Gasteiger partial charge in [-0.3, -0.25) is 0 Å². The van der Waals surface area contributed by atoms with Gasteiger partial charge in [0, 0.05) is 25.5 Å². The molecule has 0 radical (unpaired) electrons. The fourth-order valence-electron chi connectivity index (χ4n) is 2.65. The van der Waals surface area contributed by atoms with Crippen molar-refractivity contribution in [3.63, 3.8) is 0 Å². The zero-order valence-electron chi connectivity index (χ0n) is 13.6. The molecule has 0 saturated carbocycles. The number of aryl methyl sites for hydroxylation is 4. The third-order valence-electron chi connectivity index (χ3n) is 3.65. The summed E-state index contributed by atoms with van der Waals surface area (Å²) in [5.74, 6) is 0. The van der Waals surface area contributed by atoms with Crippen molar-refractivity contribution >= 4 is 22.2 Å². The van der Waals surface area contributed by atoms with E-state index in [1.54, 1.807) is 18.4 Å². The molecule has 3 nitrogen and oxygen atoms in total. The summed E-state index contributed by atoms with van der Waals surface area (Å²) in [6.07, 6.45) is 1.03. The molecule has 1 N–H and O–H groups in total.